The van der Waals surface area contributed by atoms with Gasteiger partial charge < -0.3 is 15.9 Å². The number of aliphatic hydroxyl groups excluding tert-OH is 1. The maximum absolute atomic E-state index is 12.9. The third-order valence-corrected chi connectivity index (χ3v) is 2.18. The van der Waals surface area contributed by atoms with E-state index in [1.54, 1.807) is 6.92 Å². The summed E-state index contributed by atoms with van der Waals surface area (Å²) in [5, 5.41) is 17.8. The van der Waals surface area contributed by atoms with Crippen LogP contribution < -0.4 is 5.73 Å². The fraction of sp³-hybridized carbons (Fsp3) is 0.400. The normalized spacial score (nSPS) is 12.9. The van der Waals surface area contributed by atoms with Gasteiger partial charge in [-0.05, 0) is 36.6 Å². The van der Waals surface area contributed by atoms with Crippen LogP contribution in [-0.4, -0.2) is 16.8 Å². The molecular weight excluding hydrogens is 185 g/mol. The fourth-order valence-corrected chi connectivity index (χ4v) is 1.37. The van der Waals surface area contributed by atoms with Crippen LogP contribution in [0.4, 0.5) is 4.39 Å². The van der Waals surface area contributed by atoms with Crippen LogP contribution in [0.1, 0.15) is 23.6 Å². The Bertz CT molecular complexity index is 328. The van der Waals surface area contributed by atoms with Gasteiger partial charge in [-0.2, -0.15) is 0 Å². The number of nitrogens with two attached hydrogens (primary N) is 1. The molecule has 0 radical (unpaired) electrons. The Morgan fingerprint density at radius 3 is 2.71 bits per heavy atom. The molecule has 0 aromatic heterocycles. The van der Waals surface area contributed by atoms with Crippen LogP contribution in [0.5, 0.6) is 5.75 Å². The Labute approximate surface area is 82.0 Å². The van der Waals surface area contributed by atoms with Crippen molar-refractivity contribution in [1.82, 2.24) is 0 Å². The minimum atomic E-state index is -0.651. The first-order valence-electron chi connectivity index (χ1n) is 4.41. The topological polar surface area (TPSA) is 66.5 Å². The maximum Gasteiger partial charge on any atom is 0.165 e. The molecule has 78 valence electrons. The molecule has 0 saturated carbocycles. The predicted molar refractivity (Wildman–Crippen MR) is 51.4 cm³/mol. The summed E-state index contributed by atoms with van der Waals surface area (Å²) in [7, 11) is 0. The van der Waals surface area contributed by atoms with Gasteiger partial charge in [0.05, 0.1) is 0 Å². The van der Waals surface area contributed by atoms with E-state index in [9.17, 15) is 4.39 Å². The first kappa shape index (κ1) is 10.9. The number of aromatic hydroxyl groups is 1. The lowest BCUT2D eigenvalue weighted by Crippen LogP contribution is -2.13. The molecule has 0 aliphatic rings. The smallest absolute Gasteiger partial charge is 0.165 e. The number of hydrogen-bond acceptors (Lipinski definition) is 3. The summed E-state index contributed by atoms with van der Waals surface area (Å²) in [5.74, 6) is -1.05. The molecule has 0 fully saturated rings. The number of aryl methyl sites for hydroxylation is 1. The molecule has 0 heterocycles. The lowest BCUT2D eigenvalue weighted by molar-refractivity contribution is 0.276. The van der Waals surface area contributed by atoms with Gasteiger partial charge in [0.25, 0.3) is 0 Å². The van der Waals surface area contributed by atoms with E-state index in [0.29, 0.717) is 17.5 Å². The van der Waals surface area contributed by atoms with Crippen LogP contribution in [0.25, 0.3) is 0 Å². The minimum Gasteiger partial charge on any atom is -0.505 e. The van der Waals surface area contributed by atoms with E-state index in [-0.39, 0.29) is 12.6 Å². The number of phenolic OH excluding ortho intramolecular Hbond substituents is 1. The highest BCUT2D eigenvalue weighted by atomic mass is 19.1. The monoisotopic (exact) mass is 199 g/mol. The van der Waals surface area contributed by atoms with Crippen LogP contribution >= 0.6 is 0 Å². The molecular formula is C10H14FNO2. The second-order valence-electron chi connectivity index (χ2n) is 3.28. The summed E-state index contributed by atoms with van der Waals surface area (Å²) in [6.45, 7) is 1.69. The first-order valence-corrected chi connectivity index (χ1v) is 4.41. The molecule has 0 aliphatic carbocycles. The molecule has 1 aromatic rings. The van der Waals surface area contributed by atoms with Crippen LogP contribution in [0.3, 0.4) is 0 Å². The van der Waals surface area contributed by atoms with Crippen molar-refractivity contribution in [2.24, 2.45) is 5.73 Å². The van der Waals surface area contributed by atoms with E-state index < -0.39 is 11.6 Å². The predicted octanol–water partition coefficient (Wildman–Crippen LogP) is 1.22. The van der Waals surface area contributed by atoms with Crippen molar-refractivity contribution < 1.29 is 14.6 Å². The zero-order valence-electron chi connectivity index (χ0n) is 8.00. The molecule has 1 atom stereocenters. The number of phenols is 1. The number of benzene rings is 1. The van der Waals surface area contributed by atoms with Crippen molar-refractivity contribution in [3.63, 3.8) is 0 Å². The number of rotatable bonds is 3. The number of aliphatic hydroxyl groups is 1. The Morgan fingerprint density at radius 2 is 2.14 bits per heavy atom. The first-order chi connectivity index (χ1) is 6.56. The molecule has 0 amide bonds. The molecule has 1 aromatic carbocycles. The van der Waals surface area contributed by atoms with E-state index in [1.165, 1.54) is 12.1 Å². The van der Waals surface area contributed by atoms with Gasteiger partial charge in [-0.15, -0.1) is 0 Å². The molecule has 0 spiro atoms. The third kappa shape index (κ3) is 2.21. The van der Waals surface area contributed by atoms with Gasteiger partial charge in [0.15, 0.2) is 11.6 Å². The van der Waals surface area contributed by atoms with Crippen molar-refractivity contribution in [3.05, 3.63) is 29.1 Å². The largest absolute Gasteiger partial charge is 0.505 e. The lowest BCUT2D eigenvalue weighted by atomic mass is 9.99. The summed E-state index contributed by atoms with van der Waals surface area (Å²) in [4.78, 5) is 0. The highest BCUT2D eigenvalue weighted by Crippen LogP contribution is 2.25. The van der Waals surface area contributed by atoms with Gasteiger partial charge in [-0.1, -0.05) is 0 Å². The average molecular weight is 199 g/mol. The molecule has 1 unspecified atom stereocenters. The zero-order valence-corrected chi connectivity index (χ0v) is 8.00. The Morgan fingerprint density at radius 1 is 1.50 bits per heavy atom. The van der Waals surface area contributed by atoms with Crippen LogP contribution in [0.15, 0.2) is 12.1 Å². The van der Waals surface area contributed by atoms with Crippen LogP contribution in [-0.2, 0) is 0 Å². The molecule has 3 nitrogen and oxygen atoms in total. The summed E-state index contributed by atoms with van der Waals surface area (Å²) in [6.07, 6.45) is 0.395. The summed E-state index contributed by atoms with van der Waals surface area (Å²) in [5.41, 5.74) is 7.08. The van der Waals surface area contributed by atoms with Gasteiger partial charge >= 0.3 is 0 Å². The Hall–Kier alpha value is -1.13. The van der Waals surface area contributed by atoms with E-state index >= 15 is 0 Å². The van der Waals surface area contributed by atoms with Gasteiger partial charge in [0.1, 0.15) is 0 Å². The molecule has 4 N–H and O–H groups in total. The minimum absolute atomic E-state index is 0.0290. The van der Waals surface area contributed by atoms with E-state index in [1.807, 2.05) is 0 Å². The second-order valence-corrected chi connectivity index (χ2v) is 3.28. The summed E-state index contributed by atoms with van der Waals surface area (Å²) < 4.78 is 12.9. The number of hydrogen-bond donors (Lipinski definition) is 3. The molecule has 4 heteroatoms. The van der Waals surface area contributed by atoms with Crippen molar-refractivity contribution in [2.75, 3.05) is 6.61 Å². The van der Waals surface area contributed by atoms with Crippen molar-refractivity contribution in [1.29, 1.82) is 0 Å². The zero-order chi connectivity index (χ0) is 10.7. The molecule has 14 heavy (non-hydrogen) atoms. The van der Waals surface area contributed by atoms with E-state index in [0.717, 1.165) is 0 Å². The Balaban J connectivity index is 3.02. The van der Waals surface area contributed by atoms with Gasteiger partial charge in [-0.25, -0.2) is 4.39 Å². The van der Waals surface area contributed by atoms with Gasteiger partial charge in [0, 0.05) is 12.6 Å². The van der Waals surface area contributed by atoms with Gasteiger partial charge in [0.2, 0.25) is 0 Å². The maximum atomic E-state index is 12.9. The SMILES string of the molecule is Cc1cc(F)c(O)cc1C(N)CCO. The molecule has 0 saturated heterocycles. The van der Waals surface area contributed by atoms with Crippen molar-refractivity contribution in [2.45, 2.75) is 19.4 Å². The highest BCUT2D eigenvalue weighted by Gasteiger charge is 2.12. The average Bonchev–Trinajstić information content (AvgIpc) is 2.11. The third-order valence-electron chi connectivity index (χ3n) is 2.18. The Kier molecular flexibility index (Phi) is 3.43. The van der Waals surface area contributed by atoms with E-state index in [4.69, 9.17) is 15.9 Å². The van der Waals surface area contributed by atoms with Gasteiger partial charge in [-0.3, -0.25) is 0 Å². The van der Waals surface area contributed by atoms with Crippen LogP contribution in [0.2, 0.25) is 0 Å². The van der Waals surface area contributed by atoms with Crippen molar-refractivity contribution in [3.8, 4) is 5.75 Å². The standard InChI is InChI=1S/C10H14FNO2/c1-6-4-8(11)10(14)5-7(6)9(12)2-3-13/h4-5,9,13-14H,2-3,12H2,1H3. The fourth-order valence-electron chi connectivity index (χ4n) is 1.37. The summed E-state index contributed by atoms with van der Waals surface area (Å²) >= 11 is 0. The summed E-state index contributed by atoms with van der Waals surface area (Å²) in [6, 6.07) is 2.18. The molecule has 1 rings (SSSR count). The highest BCUT2D eigenvalue weighted by molar-refractivity contribution is 5.37. The van der Waals surface area contributed by atoms with Crippen LogP contribution in [0, 0.1) is 12.7 Å². The van der Waals surface area contributed by atoms with E-state index in [2.05, 4.69) is 0 Å². The van der Waals surface area contributed by atoms with Crippen molar-refractivity contribution >= 4 is 0 Å². The quantitative estimate of drug-likeness (QED) is 0.685. The molecule has 0 bridgehead atoms. The number of halogens is 1. The lowest BCUT2D eigenvalue weighted by Gasteiger charge is -2.14. The molecule has 0 aliphatic heterocycles. The second kappa shape index (κ2) is 4.39.